The van der Waals surface area contributed by atoms with Crippen LogP contribution >= 0.6 is 0 Å². The zero-order valence-corrected chi connectivity index (χ0v) is 19.3. The lowest BCUT2D eigenvalue weighted by Crippen LogP contribution is -2.29. The van der Waals surface area contributed by atoms with Gasteiger partial charge in [0.05, 0.1) is 5.92 Å². The summed E-state index contributed by atoms with van der Waals surface area (Å²) < 4.78 is 11.2. The van der Waals surface area contributed by atoms with Crippen molar-refractivity contribution in [3.8, 4) is 5.75 Å². The number of esters is 1. The summed E-state index contributed by atoms with van der Waals surface area (Å²) in [5.74, 6) is 0.577. The van der Waals surface area contributed by atoms with E-state index in [1.165, 1.54) is 5.57 Å². The van der Waals surface area contributed by atoms with Crippen LogP contribution in [0.25, 0.3) is 5.57 Å². The maximum Gasteiger partial charge on any atom is 0.308 e. The molecule has 1 aliphatic rings. The molecule has 0 bridgehead atoms. The summed E-state index contributed by atoms with van der Waals surface area (Å²) in [5.41, 5.74) is 3.28. The number of hydrogen-bond acceptors (Lipinski definition) is 4. The maximum absolute atomic E-state index is 12.5. The van der Waals surface area contributed by atoms with Crippen LogP contribution < -0.4 is 4.74 Å². The van der Waals surface area contributed by atoms with E-state index in [-0.39, 0.29) is 42.2 Å². The molecule has 4 heteroatoms. The Labute approximate surface area is 181 Å². The van der Waals surface area contributed by atoms with E-state index in [0.717, 1.165) is 24.0 Å². The van der Waals surface area contributed by atoms with E-state index >= 15 is 0 Å². The Morgan fingerprint density at radius 2 is 1.90 bits per heavy atom. The number of hydrogen-bond donors (Lipinski definition) is 0. The second-order valence-corrected chi connectivity index (χ2v) is 8.99. The van der Waals surface area contributed by atoms with Crippen molar-refractivity contribution in [2.24, 2.45) is 17.3 Å². The molecule has 1 aromatic rings. The first kappa shape index (κ1) is 23.9. The topological polar surface area (TPSA) is 52.6 Å². The van der Waals surface area contributed by atoms with Crippen LogP contribution in [0.1, 0.15) is 66.4 Å². The predicted molar refractivity (Wildman–Crippen MR) is 121 cm³/mol. The molecular formula is C26H36O4. The molecule has 1 atom stereocenters. The van der Waals surface area contributed by atoms with Crippen molar-refractivity contribution in [3.63, 3.8) is 0 Å². The van der Waals surface area contributed by atoms with E-state index in [0.29, 0.717) is 12.2 Å². The molecule has 0 fully saturated rings. The second-order valence-electron chi connectivity index (χ2n) is 8.99. The minimum absolute atomic E-state index is 0.0403. The minimum Gasteiger partial charge on any atom is -0.489 e. The molecule has 0 saturated carbocycles. The van der Waals surface area contributed by atoms with E-state index in [9.17, 15) is 9.59 Å². The summed E-state index contributed by atoms with van der Waals surface area (Å²) in [5, 5.41) is 0. The molecule has 0 amide bonds. The highest BCUT2D eigenvalue weighted by Crippen LogP contribution is 2.49. The molecule has 1 aliphatic carbocycles. The Morgan fingerprint density at radius 1 is 1.20 bits per heavy atom. The molecule has 0 N–H and O–H groups in total. The van der Waals surface area contributed by atoms with Crippen LogP contribution in [0.2, 0.25) is 0 Å². The summed E-state index contributed by atoms with van der Waals surface area (Å²) in [7, 11) is 0. The monoisotopic (exact) mass is 412 g/mol. The summed E-state index contributed by atoms with van der Waals surface area (Å²) >= 11 is 0. The fourth-order valence-electron chi connectivity index (χ4n) is 4.10. The van der Waals surface area contributed by atoms with Gasteiger partial charge in [0.2, 0.25) is 0 Å². The number of benzene rings is 1. The van der Waals surface area contributed by atoms with Gasteiger partial charge in [-0.2, -0.15) is 0 Å². The van der Waals surface area contributed by atoms with Crippen molar-refractivity contribution in [3.05, 3.63) is 47.6 Å². The Balaban J connectivity index is 2.35. The van der Waals surface area contributed by atoms with Gasteiger partial charge >= 0.3 is 5.97 Å². The van der Waals surface area contributed by atoms with Crippen LogP contribution in [-0.2, 0) is 14.3 Å². The maximum atomic E-state index is 12.5. The SMILES string of the molecule is CCC(=O)/C=C(/c1ccccc1OCCOC(=O)C(C)C)C1C(C)=CCCC1(C)C. The normalized spacial score (nSPS) is 18.7. The molecular weight excluding hydrogens is 376 g/mol. The minimum atomic E-state index is -0.231. The van der Waals surface area contributed by atoms with Crippen molar-refractivity contribution in [2.45, 2.75) is 60.8 Å². The lowest BCUT2D eigenvalue weighted by Gasteiger charge is -2.40. The Hall–Kier alpha value is -2.36. The molecule has 0 saturated heterocycles. The average Bonchev–Trinajstić information content (AvgIpc) is 2.69. The van der Waals surface area contributed by atoms with E-state index in [1.807, 2.05) is 45.0 Å². The molecule has 0 spiro atoms. The lowest BCUT2D eigenvalue weighted by molar-refractivity contribution is -0.148. The smallest absolute Gasteiger partial charge is 0.308 e. The van der Waals surface area contributed by atoms with Crippen LogP contribution in [0, 0.1) is 17.3 Å². The summed E-state index contributed by atoms with van der Waals surface area (Å²) in [4.78, 5) is 24.1. The van der Waals surface area contributed by atoms with Crippen LogP contribution in [-0.4, -0.2) is 25.0 Å². The molecule has 4 nitrogen and oxygen atoms in total. The summed E-state index contributed by atoms with van der Waals surface area (Å²) in [6, 6.07) is 7.83. The highest BCUT2D eigenvalue weighted by molar-refractivity contribution is 5.98. The van der Waals surface area contributed by atoms with Crippen molar-refractivity contribution in [1.82, 2.24) is 0 Å². The third-order valence-electron chi connectivity index (χ3n) is 5.72. The highest BCUT2D eigenvalue weighted by Gasteiger charge is 2.36. The standard InChI is InChI=1S/C26H36O4/c1-7-20(27)17-22(24-19(4)11-10-14-26(24,5)6)21-12-8-9-13-23(21)29-15-16-30-25(28)18(2)3/h8-9,11-13,17-18,24H,7,10,14-16H2,1-6H3/b22-17-. The van der Waals surface area contributed by atoms with Gasteiger partial charge in [0.15, 0.2) is 5.78 Å². The van der Waals surface area contributed by atoms with Crippen LogP contribution in [0.5, 0.6) is 5.75 Å². The quantitative estimate of drug-likeness (QED) is 0.216. The van der Waals surface area contributed by atoms with Gasteiger partial charge in [-0.1, -0.05) is 64.5 Å². The summed E-state index contributed by atoms with van der Waals surface area (Å²) in [6.45, 7) is 12.7. The Morgan fingerprint density at radius 3 is 2.53 bits per heavy atom. The number of ketones is 1. The van der Waals surface area contributed by atoms with Gasteiger partial charge < -0.3 is 9.47 Å². The predicted octanol–water partition coefficient (Wildman–Crippen LogP) is 6.01. The van der Waals surface area contributed by atoms with Crippen molar-refractivity contribution in [1.29, 1.82) is 0 Å². The number of ether oxygens (including phenoxy) is 2. The molecule has 0 aliphatic heterocycles. The van der Waals surface area contributed by atoms with Crippen molar-refractivity contribution in [2.75, 3.05) is 13.2 Å². The summed E-state index contributed by atoms with van der Waals surface area (Å²) in [6.07, 6.45) is 6.68. The molecule has 30 heavy (non-hydrogen) atoms. The zero-order valence-electron chi connectivity index (χ0n) is 19.3. The Kier molecular flexibility index (Phi) is 8.45. The van der Waals surface area contributed by atoms with Gasteiger partial charge in [0.25, 0.3) is 0 Å². The van der Waals surface area contributed by atoms with Gasteiger partial charge in [0, 0.05) is 17.9 Å². The number of carbonyl (C=O) groups is 2. The van der Waals surface area contributed by atoms with Gasteiger partial charge in [-0.05, 0) is 42.9 Å². The largest absolute Gasteiger partial charge is 0.489 e. The van der Waals surface area contributed by atoms with Gasteiger partial charge in [-0.15, -0.1) is 0 Å². The van der Waals surface area contributed by atoms with Gasteiger partial charge in [0.1, 0.15) is 19.0 Å². The average molecular weight is 413 g/mol. The van der Waals surface area contributed by atoms with Gasteiger partial charge in [-0.3, -0.25) is 9.59 Å². The van der Waals surface area contributed by atoms with Crippen molar-refractivity contribution < 1.29 is 19.1 Å². The molecule has 0 heterocycles. The fraction of sp³-hybridized carbons (Fsp3) is 0.538. The van der Waals surface area contributed by atoms with Gasteiger partial charge in [-0.25, -0.2) is 0 Å². The highest BCUT2D eigenvalue weighted by atomic mass is 16.6. The number of para-hydroxylation sites is 1. The van der Waals surface area contributed by atoms with Crippen LogP contribution in [0.4, 0.5) is 0 Å². The Bertz CT molecular complexity index is 814. The first-order chi connectivity index (χ1) is 14.2. The number of allylic oxidation sites excluding steroid dienone is 4. The van der Waals surface area contributed by atoms with Crippen molar-refractivity contribution >= 4 is 17.3 Å². The third kappa shape index (κ3) is 6.07. The third-order valence-corrected chi connectivity index (χ3v) is 5.72. The van der Waals surface area contributed by atoms with E-state index in [1.54, 1.807) is 6.08 Å². The van der Waals surface area contributed by atoms with E-state index in [4.69, 9.17) is 9.47 Å². The fourth-order valence-corrected chi connectivity index (χ4v) is 4.10. The molecule has 1 aromatic carbocycles. The zero-order chi connectivity index (χ0) is 22.3. The number of rotatable bonds is 9. The molecule has 164 valence electrons. The van der Waals surface area contributed by atoms with Crippen LogP contribution in [0.3, 0.4) is 0 Å². The molecule has 2 rings (SSSR count). The van der Waals surface area contributed by atoms with E-state index < -0.39 is 0 Å². The molecule has 0 aromatic heterocycles. The molecule has 1 unspecified atom stereocenters. The first-order valence-electron chi connectivity index (χ1n) is 11.0. The first-order valence-corrected chi connectivity index (χ1v) is 11.0. The molecule has 0 radical (unpaired) electrons. The van der Waals surface area contributed by atoms with E-state index in [2.05, 4.69) is 26.8 Å². The second kappa shape index (κ2) is 10.6. The number of carbonyl (C=O) groups excluding carboxylic acids is 2. The lowest BCUT2D eigenvalue weighted by atomic mass is 9.64. The van der Waals surface area contributed by atoms with Crippen LogP contribution in [0.15, 0.2) is 42.0 Å².